The Labute approximate surface area is 344 Å². The standard InChI is InChI=1S/C53H42N4S/c1-36-30-37(2)53(38(3)31-36)56-29-28-55(35-56)42-18-12-19-43(33-42)58-44-24-25-48-47-20-10-11-23-49(47)57(50(48)34-44)51-32-41(26-27-54-51)52-45(39-14-6-4-7-15-39)21-13-22-46(52)40-16-8-5-9-17-40/h4-34H,35H2,1-3H3. The molecule has 1 aliphatic rings. The Morgan fingerprint density at radius 2 is 1.14 bits per heavy atom. The van der Waals surface area contributed by atoms with Crippen LogP contribution in [-0.2, 0) is 0 Å². The van der Waals surface area contributed by atoms with E-state index in [1.165, 1.54) is 76.4 Å². The normalized spacial score (nSPS) is 12.6. The molecule has 58 heavy (non-hydrogen) atoms. The van der Waals surface area contributed by atoms with Crippen LogP contribution >= 0.6 is 11.8 Å². The highest BCUT2D eigenvalue weighted by Gasteiger charge is 2.21. The third-order valence-corrected chi connectivity index (χ3v) is 12.2. The van der Waals surface area contributed by atoms with E-state index in [9.17, 15) is 0 Å². The summed E-state index contributed by atoms with van der Waals surface area (Å²) in [6, 6.07) is 61.4. The molecule has 0 N–H and O–H groups in total. The highest BCUT2D eigenvalue weighted by Crippen LogP contribution is 2.42. The maximum atomic E-state index is 5.07. The van der Waals surface area contributed by atoms with E-state index in [0.717, 1.165) is 29.1 Å². The molecule has 0 saturated heterocycles. The van der Waals surface area contributed by atoms with Crippen LogP contribution in [0.2, 0.25) is 0 Å². The third-order valence-electron chi connectivity index (χ3n) is 11.2. The van der Waals surface area contributed by atoms with Crippen LogP contribution in [-0.4, -0.2) is 16.2 Å². The summed E-state index contributed by atoms with van der Waals surface area (Å²) in [6.45, 7) is 7.36. The second-order valence-electron chi connectivity index (χ2n) is 15.1. The van der Waals surface area contributed by atoms with Gasteiger partial charge in [0.25, 0.3) is 0 Å². The summed E-state index contributed by atoms with van der Waals surface area (Å²) >= 11 is 1.79. The molecule has 0 unspecified atom stereocenters. The van der Waals surface area contributed by atoms with Gasteiger partial charge in [-0.25, -0.2) is 4.98 Å². The molecule has 0 aliphatic carbocycles. The second-order valence-corrected chi connectivity index (χ2v) is 16.3. The first kappa shape index (κ1) is 35.6. The monoisotopic (exact) mass is 766 g/mol. The Balaban J connectivity index is 1.03. The van der Waals surface area contributed by atoms with E-state index in [1.54, 1.807) is 11.8 Å². The largest absolute Gasteiger partial charge is 0.328 e. The van der Waals surface area contributed by atoms with E-state index >= 15 is 0 Å². The number of nitrogens with zero attached hydrogens (tertiary/aromatic N) is 4. The van der Waals surface area contributed by atoms with Crippen molar-refractivity contribution >= 4 is 44.9 Å². The number of hydrogen-bond donors (Lipinski definition) is 0. The number of pyridine rings is 1. The lowest BCUT2D eigenvalue weighted by molar-refractivity contribution is 0.962. The summed E-state index contributed by atoms with van der Waals surface area (Å²) in [5, 5.41) is 2.42. The Hall–Kier alpha value is -6.82. The van der Waals surface area contributed by atoms with E-state index < -0.39 is 0 Å². The Morgan fingerprint density at radius 1 is 0.500 bits per heavy atom. The van der Waals surface area contributed by atoms with Crippen LogP contribution in [0.15, 0.2) is 198 Å². The second kappa shape index (κ2) is 14.9. The highest BCUT2D eigenvalue weighted by atomic mass is 32.2. The van der Waals surface area contributed by atoms with Crippen LogP contribution in [0.4, 0.5) is 11.4 Å². The zero-order valence-electron chi connectivity index (χ0n) is 32.8. The van der Waals surface area contributed by atoms with Crippen LogP contribution in [0.1, 0.15) is 16.7 Å². The number of fused-ring (bicyclic) bond motifs is 3. The lowest BCUT2D eigenvalue weighted by atomic mass is 9.88. The predicted octanol–water partition coefficient (Wildman–Crippen LogP) is 14.0. The molecule has 0 bridgehead atoms. The SMILES string of the molecule is Cc1cc(C)c(N2C=CN(c3cccc(Sc4ccc5c6ccccc6n(-c6cc(-c7c(-c8ccccc8)cccc7-c7ccccc7)ccn6)c5c4)c3)C2)c(C)c1. The number of aryl methyl sites for hydroxylation is 3. The maximum absolute atomic E-state index is 5.07. The van der Waals surface area contributed by atoms with Gasteiger partial charge in [-0.1, -0.05) is 139 Å². The van der Waals surface area contributed by atoms with Crippen molar-refractivity contribution in [1.82, 2.24) is 9.55 Å². The van der Waals surface area contributed by atoms with Crippen molar-refractivity contribution in [2.75, 3.05) is 16.5 Å². The number of para-hydroxylation sites is 1. The topological polar surface area (TPSA) is 24.3 Å². The lowest BCUT2D eigenvalue weighted by Gasteiger charge is -2.25. The minimum atomic E-state index is 0.777. The minimum Gasteiger partial charge on any atom is -0.328 e. The van der Waals surface area contributed by atoms with E-state index in [-0.39, 0.29) is 0 Å². The average Bonchev–Trinajstić information content (AvgIpc) is 3.87. The summed E-state index contributed by atoms with van der Waals surface area (Å²) in [4.78, 5) is 12.1. The van der Waals surface area contributed by atoms with Gasteiger partial charge in [-0.15, -0.1) is 0 Å². The molecule has 4 nitrogen and oxygen atoms in total. The summed E-state index contributed by atoms with van der Waals surface area (Å²) in [6.07, 6.45) is 6.35. The molecule has 0 saturated carbocycles. The molecule has 5 heteroatoms. The number of rotatable bonds is 8. The van der Waals surface area contributed by atoms with Gasteiger partial charge in [-0.3, -0.25) is 4.57 Å². The first-order chi connectivity index (χ1) is 28.5. The van der Waals surface area contributed by atoms with Crippen molar-refractivity contribution in [3.05, 3.63) is 205 Å². The smallest absolute Gasteiger partial charge is 0.138 e. The van der Waals surface area contributed by atoms with Gasteiger partial charge in [0.05, 0.1) is 17.7 Å². The molecule has 1 aliphatic heterocycles. The summed E-state index contributed by atoms with van der Waals surface area (Å²) < 4.78 is 2.33. The molecule has 0 spiro atoms. The molecule has 0 radical (unpaired) electrons. The van der Waals surface area contributed by atoms with Gasteiger partial charge < -0.3 is 9.80 Å². The summed E-state index contributed by atoms with van der Waals surface area (Å²) in [7, 11) is 0. The molecule has 0 fully saturated rings. The van der Waals surface area contributed by atoms with E-state index in [0.29, 0.717) is 0 Å². The lowest BCUT2D eigenvalue weighted by Crippen LogP contribution is -2.25. The first-order valence-electron chi connectivity index (χ1n) is 19.8. The third kappa shape index (κ3) is 6.53. The molecule has 280 valence electrons. The quantitative estimate of drug-likeness (QED) is 0.154. The van der Waals surface area contributed by atoms with Crippen LogP contribution < -0.4 is 9.80 Å². The molecule has 0 amide bonds. The fourth-order valence-corrected chi connectivity index (χ4v) is 9.66. The highest BCUT2D eigenvalue weighted by molar-refractivity contribution is 7.99. The van der Waals surface area contributed by atoms with Crippen molar-refractivity contribution in [3.63, 3.8) is 0 Å². The number of aromatic nitrogens is 2. The van der Waals surface area contributed by atoms with E-state index in [2.05, 4.69) is 217 Å². The van der Waals surface area contributed by atoms with Crippen molar-refractivity contribution < 1.29 is 0 Å². The molecule has 3 heterocycles. The first-order valence-corrected chi connectivity index (χ1v) is 20.6. The molecule has 7 aromatic carbocycles. The van der Waals surface area contributed by atoms with Crippen LogP contribution in [0.25, 0.3) is 61.0 Å². The van der Waals surface area contributed by atoms with Gasteiger partial charge in [0, 0.05) is 50.5 Å². The van der Waals surface area contributed by atoms with Crippen LogP contribution in [0.5, 0.6) is 0 Å². The van der Waals surface area contributed by atoms with Gasteiger partial charge in [0.2, 0.25) is 0 Å². The fraction of sp³-hybridized carbons (Fsp3) is 0.0755. The zero-order valence-corrected chi connectivity index (χ0v) is 33.6. The van der Waals surface area contributed by atoms with Gasteiger partial charge in [-0.2, -0.15) is 0 Å². The minimum absolute atomic E-state index is 0.777. The fourth-order valence-electron chi connectivity index (χ4n) is 8.76. The van der Waals surface area contributed by atoms with E-state index in [4.69, 9.17) is 4.98 Å². The molecular formula is C53H42N4S. The number of benzene rings is 7. The summed E-state index contributed by atoms with van der Waals surface area (Å²) in [5.74, 6) is 0.888. The van der Waals surface area contributed by atoms with Crippen LogP contribution in [0, 0.1) is 20.8 Å². The molecule has 2 aromatic heterocycles. The van der Waals surface area contributed by atoms with Gasteiger partial charge in [-0.05, 0) is 114 Å². The molecule has 10 rings (SSSR count). The summed E-state index contributed by atoms with van der Waals surface area (Å²) in [5.41, 5.74) is 15.7. The van der Waals surface area contributed by atoms with Crippen molar-refractivity contribution in [2.24, 2.45) is 0 Å². The van der Waals surface area contributed by atoms with Crippen molar-refractivity contribution in [2.45, 2.75) is 30.6 Å². The van der Waals surface area contributed by atoms with Gasteiger partial charge in [0.1, 0.15) is 5.82 Å². The molecule has 0 atom stereocenters. The van der Waals surface area contributed by atoms with Crippen LogP contribution in [0.3, 0.4) is 0 Å². The Kier molecular flexibility index (Phi) is 9.16. The van der Waals surface area contributed by atoms with Gasteiger partial charge in [0.15, 0.2) is 0 Å². The van der Waals surface area contributed by atoms with E-state index in [1.807, 2.05) is 6.20 Å². The Bertz CT molecular complexity index is 2920. The van der Waals surface area contributed by atoms with Crippen molar-refractivity contribution in [1.29, 1.82) is 0 Å². The predicted molar refractivity (Wildman–Crippen MR) is 245 cm³/mol. The number of hydrogen-bond acceptors (Lipinski definition) is 4. The van der Waals surface area contributed by atoms with Crippen molar-refractivity contribution in [3.8, 4) is 39.2 Å². The van der Waals surface area contributed by atoms with Gasteiger partial charge >= 0.3 is 0 Å². The molecular weight excluding hydrogens is 725 g/mol. The molecule has 9 aromatic rings. The Morgan fingerprint density at radius 3 is 1.88 bits per heavy atom. The zero-order chi connectivity index (χ0) is 39.2. The number of anilines is 2. The maximum Gasteiger partial charge on any atom is 0.138 e. The average molecular weight is 767 g/mol.